The molecule has 20 aromatic carbocycles. The third-order valence-corrected chi connectivity index (χ3v) is 30.7. The fourth-order valence-corrected chi connectivity index (χ4v) is 23.6. The largest absolute Gasteiger partial charge is 0.436 e. The summed E-state index contributed by atoms with van der Waals surface area (Å²) in [6.07, 6.45) is 3.63. The van der Waals surface area contributed by atoms with Gasteiger partial charge in [-0.3, -0.25) is 9.97 Å². The number of aromatic nitrogens is 11. The minimum absolute atomic E-state index is 0.258. The first-order chi connectivity index (χ1) is 72.1. The highest BCUT2D eigenvalue weighted by Crippen LogP contribution is 2.52. The Bertz CT molecular complexity index is 10800. The number of hydrogen-bond acceptors (Lipinski definition) is 11. The fourth-order valence-electron chi connectivity index (χ4n) is 22.6. The third kappa shape index (κ3) is 13.4. The number of rotatable bonds is 9. The summed E-state index contributed by atoms with van der Waals surface area (Å²) in [5.74, 6) is 0. The van der Waals surface area contributed by atoms with Crippen LogP contribution in [-0.2, 0) is 5.41 Å². The van der Waals surface area contributed by atoms with Crippen molar-refractivity contribution in [2.45, 2.75) is 19.3 Å². The Morgan fingerprint density at radius 2 is 0.705 bits per heavy atom. The first-order valence-corrected chi connectivity index (χ1v) is 49.9. The SMILES string of the molecule is CC1(C)c2ccccc2-c2nc(-c3ccc(-n4c5ccccc5c5cc6ccccc6cc54)cc3)c(-c3ccc4cccnc4c3)nc21.N#Cc1cc(-c2nc3c(nc2-c2ccc4cccnc4c2)oc2ccccc23)ccc1-n1c2ccccc2c2cc3ccccc3cc21.c1ccc2cc(-c3nc4sc5ccccc5c4nc3-c3ccc(-n4c5ccccc5c5cc6ccccc6cc54)c4ccccc34)ccc2c1. The van der Waals surface area contributed by atoms with Gasteiger partial charge in [0.05, 0.1) is 101 Å². The number of furan rings is 1. The monoisotopic (exact) mass is 1880 g/mol. The van der Waals surface area contributed by atoms with Crippen LogP contribution in [0.5, 0.6) is 0 Å². The van der Waals surface area contributed by atoms with E-state index in [0.717, 1.165) is 171 Å². The molecule has 31 rings (SSSR count). The predicted octanol–water partition coefficient (Wildman–Crippen LogP) is 34.0. The van der Waals surface area contributed by atoms with Gasteiger partial charge in [0.1, 0.15) is 33.2 Å². The number of benzene rings is 20. The lowest BCUT2D eigenvalue weighted by atomic mass is 9.85. The molecule has 146 heavy (non-hydrogen) atoms. The van der Waals surface area contributed by atoms with E-state index in [0.29, 0.717) is 28.2 Å². The van der Waals surface area contributed by atoms with Gasteiger partial charge in [-0.15, -0.1) is 11.3 Å². The Kier molecular flexibility index (Phi) is 19.0. The van der Waals surface area contributed by atoms with E-state index in [1.807, 2.05) is 91.1 Å². The summed E-state index contributed by atoms with van der Waals surface area (Å²) in [5, 5.41) is 34.1. The minimum atomic E-state index is -0.258. The van der Waals surface area contributed by atoms with Gasteiger partial charge >= 0.3 is 0 Å². The molecule has 14 heteroatoms. The summed E-state index contributed by atoms with van der Waals surface area (Å²) < 4.78 is 14.4. The van der Waals surface area contributed by atoms with E-state index < -0.39 is 0 Å². The second-order valence-corrected chi connectivity index (χ2v) is 39.3. The smallest absolute Gasteiger partial charge is 0.246 e. The van der Waals surface area contributed by atoms with E-state index >= 15 is 0 Å². The molecule has 0 spiro atoms. The van der Waals surface area contributed by atoms with Crippen LogP contribution in [0.25, 0.3) is 280 Å². The molecule has 13 nitrogen and oxygen atoms in total. The van der Waals surface area contributed by atoms with Crippen molar-refractivity contribution >= 4 is 195 Å². The Morgan fingerprint density at radius 1 is 0.274 bits per heavy atom. The topological polar surface area (TPSA) is 155 Å². The van der Waals surface area contributed by atoms with Crippen molar-refractivity contribution in [1.29, 1.82) is 5.26 Å². The molecule has 1 aliphatic carbocycles. The molecule has 0 N–H and O–H groups in total. The third-order valence-electron chi connectivity index (χ3n) is 29.6. The van der Waals surface area contributed by atoms with Crippen molar-refractivity contribution in [3.63, 3.8) is 0 Å². The molecular weight excluding hydrogens is 1800 g/mol. The molecule has 0 unspecified atom stereocenters. The maximum atomic E-state index is 10.7. The number of thiophene rings is 1. The molecule has 0 saturated heterocycles. The Balaban J connectivity index is 0.000000104. The molecule has 0 atom stereocenters. The van der Waals surface area contributed by atoms with E-state index in [2.05, 4.69) is 395 Å². The highest BCUT2D eigenvalue weighted by atomic mass is 32.1. The molecule has 10 aromatic heterocycles. The van der Waals surface area contributed by atoms with E-state index in [1.54, 1.807) is 17.5 Å². The zero-order valence-corrected chi connectivity index (χ0v) is 79.7. The van der Waals surface area contributed by atoms with Crippen LogP contribution in [0.4, 0.5) is 0 Å². The van der Waals surface area contributed by atoms with E-state index in [4.69, 9.17) is 34.3 Å². The average Bonchev–Trinajstić information content (AvgIpc) is 1.50. The van der Waals surface area contributed by atoms with Crippen LogP contribution in [0.2, 0.25) is 0 Å². The zero-order chi connectivity index (χ0) is 96.5. The molecule has 30 aromatic rings. The second kappa shape index (κ2) is 33.2. The molecule has 10 heterocycles. The van der Waals surface area contributed by atoms with Crippen molar-refractivity contribution < 1.29 is 4.42 Å². The zero-order valence-electron chi connectivity index (χ0n) is 78.9. The van der Waals surface area contributed by atoms with Gasteiger partial charge in [-0.05, 0) is 194 Å². The molecule has 0 fully saturated rings. The highest BCUT2D eigenvalue weighted by Gasteiger charge is 2.40. The average molecular weight is 1880 g/mol. The van der Waals surface area contributed by atoms with Crippen molar-refractivity contribution in [1.82, 2.24) is 53.6 Å². The quantitative estimate of drug-likeness (QED) is 0.136. The lowest BCUT2D eigenvalue weighted by Crippen LogP contribution is -2.17. The van der Waals surface area contributed by atoms with E-state index in [9.17, 15) is 5.26 Å². The van der Waals surface area contributed by atoms with Gasteiger partial charge in [-0.1, -0.05) is 311 Å². The maximum absolute atomic E-state index is 10.7. The van der Waals surface area contributed by atoms with Gasteiger partial charge in [0.2, 0.25) is 5.71 Å². The number of nitriles is 1. The number of nitrogens with zero attached hydrogens (tertiary/aromatic N) is 12. The van der Waals surface area contributed by atoms with Gasteiger partial charge in [-0.2, -0.15) is 5.26 Å². The van der Waals surface area contributed by atoms with E-state index in [1.165, 1.54) is 97.0 Å². The van der Waals surface area contributed by atoms with Crippen LogP contribution in [-0.4, -0.2) is 53.6 Å². The summed E-state index contributed by atoms with van der Waals surface area (Å²) in [4.78, 5) is 42.3. The van der Waals surface area contributed by atoms with Crippen molar-refractivity contribution in [2.75, 3.05) is 0 Å². The lowest BCUT2D eigenvalue weighted by molar-refractivity contribution is 0.636. The highest BCUT2D eigenvalue weighted by molar-refractivity contribution is 7.25. The predicted molar refractivity (Wildman–Crippen MR) is 602 cm³/mol. The summed E-state index contributed by atoms with van der Waals surface area (Å²) in [7, 11) is 0. The van der Waals surface area contributed by atoms with Gasteiger partial charge in [0.25, 0.3) is 0 Å². The van der Waals surface area contributed by atoms with Crippen molar-refractivity contribution in [3.8, 4) is 102 Å². The molecular formula is C132H80N12OS. The van der Waals surface area contributed by atoms with Crippen molar-refractivity contribution in [2.24, 2.45) is 0 Å². The molecule has 0 amide bonds. The normalized spacial score (nSPS) is 12.4. The summed E-state index contributed by atoms with van der Waals surface area (Å²) in [5.41, 5.74) is 29.9. The minimum Gasteiger partial charge on any atom is -0.436 e. The van der Waals surface area contributed by atoms with Crippen LogP contribution in [0.1, 0.15) is 30.7 Å². The number of pyridine rings is 2. The molecule has 680 valence electrons. The number of para-hydroxylation sites is 4. The fraction of sp³-hybridized carbons (Fsp3) is 0.0227. The van der Waals surface area contributed by atoms with Crippen LogP contribution in [0, 0.1) is 11.3 Å². The summed E-state index contributed by atoms with van der Waals surface area (Å²) >= 11 is 1.71. The standard InChI is InChI=1S/C46H27N3S.C44H30N4.C42H23N5O/c1-2-12-29-25-32(22-21-28(29)11-1)43-44(47-45-37-18-8-10-20-42(37)50-46(45)48-43)36-23-24-40(34-16-6-5-15-33(34)36)49-39-19-9-7-17-35(39)38-26-30-13-3-4-14-31(30)27-41(38)49;1-44(2)36-15-7-5-14-34(36)42-43(44)47-41(31-18-17-27-12-9-23-45-37(27)25-31)40(46-42)28-19-21-32(22-20-28)48-38-16-8-6-13-33(38)35-24-29-10-3-4-11-30(29)26-39(35)48;43-24-30-20-28(17-18-35(30)47-36-13-5-3-11-31(36)33-21-26-8-1-2-9-27(26)23-37(33)47)39-40(29-16-15-25-10-7-19-44-34(25)22-29)46-42-41(45-39)32-12-4-6-14-38(32)48-42/h1-27H;3-26H,1-2H3;1-23H. The first kappa shape index (κ1) is 83.6. The Labute approximate surface area is 839 Å². The first-order valence-electron chi connectivity index (χ1n) is 49.1. The van der Waals surface area contributed by atoms with Crippen LogP contribution < -0.4 is 0 Å². The van der Waals surface area contributed by atoms with Gasteiger partial charge in [0, 0.05) is 126 Å². The maximum Gasteiger partial charge on any atom is 0.246 e. The summed E-state index contributed by atoms with van der Waals surface area (Å²) in [6, 6.07) is 156. The molecule has 0 saturated carbocycles. The number of fused-ring (bicyclic) bond motifs is 25. The Morgan fingerprint density at radius 3 is 1.32 bits per heavy atom. The van der Waals surface area contributed by atoms with E-state index in [-0.39, 0.29) is 5.41 Å². The van der Waals surface area contributed by atoms with Gasteiger partial charge in [-0.25, -0.2) is 29.9 Å². The second-order valence-electron chi connectivity index (χ2n) is 38.3. The summed E-state index contributed by atoms with van der Waals surface area (Å²) in [6.45, 7) is 4.50. The van der Waals surface area contributed by atoms with Crippen molar-refractivity contribution in [3.05, 3.63) is 466 Å². The van der Waals surface area contributed by atoms with Crippen LogP contribution >= 0.6 is 11.3 Å². The molecule has 1 aliphatic rings. The Hall–Kier alpha value is -19.3. The molecule has 0 bridgehead atoms. The van der Waals surface area contributed by atoms with Crippen LogP contribution in [0.15, 0.2) is 454 Å². The molecule has 0 aliphatic heterocycles. The lowest BCUT2D eigenvalue weighted by Gasteiger charge is -2.21. The number of hydrogen-bond donors (Lipinski definition) is 0. The van der Waals surface area contributed by atoms with Crippen LogP contribution in [0.3, 0.4) is 0 Å². The van der Waals surface area contributed by atoms with Gasteiger partial charge in [0.15, 0.2) is 0 Å². The van der Waals surface area contributed by atoms with Gasteiger partial charge < -0.3 is 18.1 Å². The molecule has 0 radical (unpaired) electrons.